The maximum absolute atomic E-state index is 10.5. The SMILES string of the molecule is CC(=O)/C=C/c1ccc(C#N)s1. The highest BCUT2D eigenvalue weighted by molar-refractivity contribution is 7.13. The summed E-state index contributed by atoms with van der Waals surface area (Å²) in [7, 11) is 0. The molecule has 0 N–H and O–H groups in total. The van der Waals surface area contributed by atoms with Crippen molar-refractivity contribution in [2.45, 2.75) is 6.92 Å². The summed E-state index contributed by atoms with van der Waals surface area (Å²) in [4.78, 5) is 12.1. The summed E-state index contributed by atoms with van der Waals surface area (Å²) in [6.07, 6.45) is 3.21. The number of nitriles is 1. The first kappa shape index (κ1) is 8.69. The zero-order chi connectivity index (χ0) is 8.97. The molecule has 2 nitrogen and oxygen atoms in total. The van der Waals surface area contributed by atoms with E-state index in [0.29, 0.717) is 4.88 Å². The second-order valence-corrected chi connectivity index (χ2v) is 3.37. The molecule has 0 atom stereocenters. The predicted molar refractivity (Wildman–Crippen MR) is 48.7 cm³/mol. The van der Waals surface area contributed by atoms with Gasteiger partial charge in [0.25, 0.3) is 0 Å². The number of hydrogen-bond donors (Lipinski definition) is 0. The average Bonchev–Trinajstić information content (AvgIpc) is 2.48. The lowest BCUT2D eigenvalue weighted by molar-refractivity contribution is -0.112. The van der Waals surface area contributed by atoms with Crippen LogP contribution < -0.4 is 0 Å². The maximum Gasteiger partial charge on any atom is 0.152 e. The third-order valence-electron chi connectivity index (χ3n) is 1.22. The van der Waals surface area contributed by atoms with Gasteiger partial charge in [0, 0.05) is 4.88 Å². The number of thiophene rings is 1. The van der Waals surface area contributed by atoms with Gasteiger partial charge in [-0.3, -0.25) is 4.79 Å². The van der Waals surface area contributed by atoms with Gasteiger partial charge in [0.2, 0.25) is 0 Å². The molecular formula is C9H7NOS. The Balaban J connectivity index is 2.78. The molecule has 0 aromatic carbocycles. The van der Waals surface area contributed by atoms with Gasteiger partial charge in [0.15, 0.2) is 5.78 Å². The van der Waals surface area contributed by atoms with Gasteiger partial charge in [0.05, 0.1) is 0 Å². The molecule has 0 saturated heterocycles. The first-order valence-corrected chi connectivity index (χ1v) is 4.22. The minimum atomic E-state index is 0.0157. The standard InChI is InChI=1S/C9H7NOS/c1-7(11)2-3-8-4-5-9(6-10)12-8/h2-5H,1H3/b3-2+. The first-order chi connectivity index (χ1) is 5.72. The fourth-order valence-corrected chi connectivity index (χ4v) is 1.41. The van der Waals surface area contributed by atoms with Crippen molar-refractivity contribution in [1.82, 2.24) is 0 Å². The van der Waals surface area contributed by atoms with Crippen molar-refractivity contribution in [3.05, 3.63) is 28.0 Å². The third kappa shape index (κ3) is 2.33. The van der Waals surface area contributed by atoms with Crippen molar-refractivity contribution in [2.75, 3.05) is 0 Å². The molecule has 1 aromatic heterocycles. The summed E-state index contributed by atoms with van der Waals surface area (Å²) in [6.45, 7) is 1.50. The topological polar surface area (TPSA) is 40.9 Å². The molecule has 0 aliphatic heterocycles. The van der Waals surface area contributed by atoms with E-state index in [0.717, 1.165) is 4.88 Å². The van der Waals surface area contributed by atoms with E-state index >= 15 is 0 Å². The van der Waals surface area contributed by atoms with Crippen LogP contribution in [-0.4, -0.2) is 5.78 Å². The van der Waals surface area contributed by atoms with Crippen LogP contribution in [0.1, 0.15) is 16.7 Å². The van der Waals surface area contributed by atoms with Gasteiger partial charge in [-0.25, -0.2) is 0 Å². The van der Waals surface area contributed by atoms with Crippen LogP contribution >= 0.6 is 11.3 Å². The maximum atomic E-state index is 10.5. The van der Waals surface area contributed by atoms with Gasteiger partial charge in [-0.05, 0) is 31.2 Å². The van der Waals surface area contributed by atoms with Gasteiger partial charge >= 0.3 is 0 Å². The minimum absolute atomic E-state index is 0.0157. The average molecular weight is 177 g/mol. The molecule has 0 amide bonds. The molecule has 0 radical (unpaired) electrons. The molecule has 0 aliphatic rings. The van der Waals surface area contributed by atoms with E-state index in [4.69, 9.17) is 5.26 Å². The van der Waals surface area contributed by atoms with Crippen molar-refractivity contribution in [3.63, 3.8) is 0 Å². The number of rotatable bonds is 2. The molecule has 0 fully saturated rings. The van der Waals surface area contributed by atoms with Crippen LogP contribution in [0.3, 0.4) is 0 Å². The lowest BCUT2D eigenvalue weighted by Gasteiger charge is -1.79. The van der Waals surface area contributed by atoms with E-state index in [1.165, 1.54) is 24.3 Å². The summed E-state index contributed by atoms with van der Waals surface area (Å²) in [6, 6.07) is 5.60. The summed E-state index contributed by atoms with van der Waals surface area (Å²) < 4.78 is 0. The van der Waals surface area contributed by atoms with Crippen molar-refractivity contribution in [2.24, 2.45) is 0 Å². The largest absolute Gasteiger partial charge is 0.295 e. The molecule has 1 aromatic rings. The highest BCUT2D eigenvalue weighted by Crippen LogP contribution is 2.16. The second kappa shape index (κ2) is 3.84. The number of allylic oxidation sites excluding steroid dienone is 1. The number of nitrogens with zero attached hydrogens (tertiary/aromatic N) is 1. The lowest BCUT2D eigenvalue weighted by atomic mass is 10.3. The van der Waals surface area contributed by atoms with Gasteiger partial charge < -0.3 is 0 Å². The van der Waals surface area contributed by atoms with E-state index in [2.05, 4.69) is 0 Å². The Morgan fingerprint density at radius 2 is 2.42 bits per heavy atom. The fourth-order valence-electron chi connectivity index (χ4n) is 0.702. The van der Waals surface area contributed by atoms with E-state index in [1.807, 2.05) is 12.1 Å². The number of carbonyl (C=O) groups is 1. The fraction of sp³-hybridized carbons (Fsp3) is 0.111. The van der Waals surface area contributed by atoms with Crippen LogP contribution in [0.15, 0.2) is 18.2 Å². The Morgan fingerprint density at radius 1 is 1.67 bits per heavy atom. The normalized spacial score (nSPS) is 10.0. The first-order valence-electron chi connectivity index (χ1n) is 3.41. The smallest absolute Gasteiger partial charge is 0.152 e. The Hall–Kier alpha value is -1.40. The lowest BCUT2D eigenvalue weighted by Crippen LogP contribution is -1.77. The third-order valence-corrected chi connectivity index (χ3v) is 2.17. The van der Waals surface area contributed by atoms with Crippen molar-refractivity contribution in [1.29, 1.82) is 5.26 Å². The molecule has 0 spiro atoms. The molecule has 1 rings (SSSR count). The van der Waals surface area contributed by atoms with Crippen LogP contribution in [0.4, 0.5) is 0 Å². The van der Waals surface area contributed by atoms with Crippen LogP contribution in [0.5, 0.6) is 0 Å². The van der Waals surface area contributed by atoms with Crippen molar-refractivity contribution < 1.29 is 4.79 Å². The van der Waals surface area contributed by atoms with Gasteiger partial charge in [-0.1, -0.05) is 0 Å². The number of carbonyl (C=O) groups excluding carboxylic acids is 1. The molecule has 0 unspecified atom stereocenters. The quantitative estimate of drug-likeness (QED) is 0.650. The zero-order valence-electron chi connectivity index (χ0n) is 6.57. The van der Waals surface area contributed by atoms with E-state index < -0.39 is 0 Å². The Labute approximate surface area is 74.8 Å². The van der Waals surface area contributed by atoms with Gasteiger partial charge in [0.1, 0.15) is 10.9 Å². The van der Waals surface area contributed by atoms with Crippen molar-refractivity contribution in [3.8, 4) is 6.07 Å². The molecule has 1 heterocycles. The van der Waals surface area contributed by atoms with Gasteiger partial charge in [-0.2, -0.15) is 5.26 Å². The van der Waals surface area contributed by atoms with E-state index in [9.17, 15) is 4.79 Å². The minimum Gasteiger partial charge on any atom is -0.295 e. The van der Waals surface area contributed by atoms with E-state index in [-0.39, 0.29) is 5.78 Å². The molecular weight excluding hydrogens is 170 g/mol. The van der Waals surface area contributed by atoms with Crippen LogP contribution in [0.25, 0.3) is 6.08 Å². The Kier molecular flexibility index (Phi) is 2.78. The summed E-state index contributed by atoms with van der Waals surface area (Å²) >= 11 is 1.37. The highest BCUT2D eigenvalue weighted by atomic mass is 32.1. The number of hydrogen-bond acceptors (Lipinski definition) is 3. The van der Waals surface area contributed by atoms with Gasteiger partial charge in [-0.15, -0.1) is 11.3 Å². The van der Waals surface area contributed by atoms with Crippen molar-refractivity contribution >= 4 is 23.2 Å². The van der Waals surface area contributed by atoms with Crippen LogP contribution in [0.2, 0.25) is 0 Å². The predicted octanol–water partition coefficient (Wildman–Crippen LogP) is 2.22. The summed E-state index contributed by atoms with van der Waals surface area (Å²) in [5, 5.41) is 8.50. The highest BCUT2D eigenvalue weighted by Gasteiger charge is 1.94. The van der Waals surface area contributed by atoms with E-state index in [1.54, 1.807) is 12.1 Å². The molecule has 0 bridgehead atoms. The molecule has 12 heavy (non-hydrogen) atoms. The zero-order valence-corrected chi connectivity index (χ0v) is 7.39. The monoisotopic (exact) mass is 177 g/mol. The second-order valence-electron chi connectivity index (χ2n) is 2.26. The summed E-state index contributed by atoms with van der Waals surface area (Å²) in [5.41, 5.74) is 0. The summed E-state index contributed by atoms with van der Waals surface area (Å²) in [5.74, 6) is 0.0157. The Bertz CT molecular complexity index is 357. The number of ketones is 1. The van der Waals surface area contributed by atoms with Crippen LogP contribution in [0, 0.1) is 11.3 Å². The molecule has 0 saturated carbocycles. The Morgan fingerprint density at radius 3 is 2.92 bits per heavy atom. The molecule has 60 valence electrons. The van der Waals surface area contributed by atoms with Crippen LogP contribution in [-0.2, 0) is 4.79 Å². The molecule has 0 aliphatic carbocycles. The molecule has 3 heteroatoms.